The fraction of sp³-hybridized carbons (Fsp3) is 0.161. The number of fused-ring (bicyclic) bond motifs is 1. The van der Waals surface area contributed by atoms with Crippen molar-refractivity contribution in [2.45, 2.75) is 26.4 Å². The number of halogens is 1. The lowest BCUT2D eigenvalue weighted by Gasteiger charge is -2.14. The predicted octanol–water partition coefficient (Wildman–Crippen LogP) is 6.81. The number of benzene rings is 3. The maximum absolute atomic E-state index is 12.8. The van der Waals surface area contributed by atoms with Crippen LogP contribution in [0, 0.1) is 18.3 Å². The second-order valence-corrected chi connectivity index (χ2v) is 9.65. The Kier molecular flexibility index (Phi) is 8.60. The summed E-state index contributed by atoms with van der Waals surface area (Å²) in [6.07, 6.45) is 6.61. The molecule has 0 radical (unpaired) electrons. The maximum atomic E-state index is 12.8. The zero-order valence-corrected chi connectivity index (χ0v) is 22.3. The van der Waals surface area contributed by atoms with E-state index in [4.69, 9.17) is 4.74 Å². The van der Waals surface area contributed by atoms with Gasteiger partial charge in [-0.1, -0.05) is 54.1 Å². The van der Waals surface area contributed by atoms with Crippen molar-refractivity contribution in [1.29, 1.82) is 5.26 Å². The molecule has 37 heavy (non-hydrogen) atoms. The molecule has 0 saturated carbocycles. The third-order valence-electron chi connectivity index (χ3n) is 6.04. The number of allylic oxidation sites excluding steroid dienone is 1. The number of para-hydroxylation sites is 1. The molecule has 0 atom stereocenters. The lowest BCUT2D eigenvalue weighted by Crippen LogP contribution is -2.26. The number of aromatic nitrogens is 1. The summed E-state index contributed by atoms with van der Waals surface area (Å²) in [4.78, 5) is 16.0. The monoisotopic (exact) mass is 553 g/mol. The van der Waals surface area contributed by atoms with Gasteiger partial charge in [-0.15, -0.1) is 6.58 Å². The van der Waals surface area contributed by atoms with Crippen molar-refractivity contribution >= 4 is 38.8 Å². The molecule has 3 aromatic carbocycles. The van der Waals surface area contributed by atoms with Crippen molar-refractivity contribution in [2.75, 3.05) is 6.54 Å². The van der Waals surface area contributed by atoms with Crippen molar-refractivity contribution in [1.82, 2.24) is 10.3 Å². The van der Waals surface area contributed by atoms with E-state index in [1.54, 1.807) is 12.2 Å². The average Bonchev–Trinajstić information content (AvgIpc) is 3.31. The van der Waals surface area contributed by atoms with Crippen LogP contribution in [-0.4, -0.2) is 17.4 Å². The van der Waals surface area contributed by atoms with Crippen LogP contribution in [0.1, 0.15) is 27.8 Å². The molecule has 1 amide bonds. The van der Waals surface area contributed by atoms with Gasteiger partial charge < -0.3 is 15.0 Å². The van der Waals surface area contributed by atoms with Gasteiger partial charge in [-0.2, -0.15) is 5.26 Å². The molecule has 6 heteroatoms. The number of amides is 1. The second kappa shape index (κ2) is 12.2. The lowest BCUT2D eigenvalue weighted by atomic mass is 10.0. The molecule has 0 aliphatic heterocycles. The summed E-state index contributed by atoms with van der Waals surface area (Å²) in [5.74, 6) is 0.322. The highest BCUT2D eigenvalue weighted by Gasteiger charge is 2.13. The van der Waals surface area contributed by atoms with Crippen molar-refractivity contribution in [3.8, 4) is 11.8 Å². The topological polar surface area (TPSA) is 77.9 Å². The van der Waals surface area contributed by atoms with Gasteiger partial charge in [-0.3, -0.25) is 4.79 Å². The van der Waals surface area contributed by atoms with Crippen molar-refractivity contribution in [3.63, 3.8) is 0 Å². The molecule has 0 aliphatic rings. The van der Waals surface area contributed by atoms with E-state index < -0.39 is 5.91 Å². The number of H-pyrrole nitrogens is 1. The molecule has 1 heterocycles. The molecule has 4 aromatic rings. The summed E-state index contributed by atoms with van der Waals surface area (Å²) in [6, 6.07) is 22.1. The minimum Gasteiger partial charge on any atom is -0.487 e. The first-order chi connectivity index (χ1) is 18.0. The molecule has 0 bridgehead atoms. The molecule has 0 unspecified atom stereocenters. The predicted molar refractivity (Wildman–Crippen MR) is 152 cm³/mol. The number of aromatic amines is 1. The van der Waals surface area contributed by atoms with Gasteiger partial charge in [0.05, 0.1) is 4.47 Å². The number of nitriles is 1. The first-order valence-corrected chi connectivity index (χ1v) is 12.8. The van der Waals surface area contributed by atoms with Crippen molar-refractivity contribution in [3.05, 3.63) is 117 Å². The van der Waals surface area contributed by atoms with E-state index >= 15 is 0 Å². The smallest absolute Gasteiger partial charge is 0.261 e. The van der Waals surface area contributed by atoms with Crippen LogP contribution in [0.5, 0.6) is 5.75 Å². The SMILES string of the molecule is C=CCc1cc(/C=C(/C#N)C(=O)NCCc2c[nH]c3ccccc23)cc(Br)c1OCc1ccc(C)cc1. The van der Waals surface area contributed by atoms with Crippen LogP contribution in [0.2, 0.25) is 0 Å². The Morgan fingerprint density at radius 1 is 1.16 bits per heavy atom. The van der Waals surface area contributed by atoms with E-state index in [-0.39, 0.29) is 5.57 Å². The summed E-state index contributed by atoms with van der Waals surface area (Å²) in [5.41, 5.74) is 6.15. The fourth-order valence-electron chi connectivity index (χ4n) is 4.13. The lowest BCUT2D eigenvalue weighted by molar-refractivity contribution is -0.117. The molecule has 4 rings (SSSR count). The Morgan fingerprint density at radius 3 is 2.70 bits per heavy atom. The van der Waals surface area contributed by atoms with Gasteiger partial charge in [0.25, 0.3) is 5.91 Å². The first-order valence-electron chi connectivity index (χ1n) is 12.0. The Hall–Kier alpha value is -4.08. The Labute approximate surface area is 225 Å². The number of hydrogen-bond acceptors (Lipinski definition) is 3. The number of aryl methyl sites for hydroxylation is 1. The van der Waals surface area contributed by atoms with Gasteiger partial charge in [0.1, 0.15) is 24.0 Å². The zero-order valence-electron chi connectivity index (χ0n) is 20.7. The summed E-state index contributed by atoms with van der Waals surface area (Å²) in [5, 5.41) is 13.7. The number of nitrogens with one attached hydrogen (secondary N) is 2. The van der Waals surface area contributed by atoms with E-state index in [0.29, 0.717) is 26.0 Å². The van der Waals surface area contributed by atoms with Gasteiger partial charge in [0.2, 0.25) is 0 Å². The molecule has 186 valence electrons. The van der Waals surface area contributed by atoms with Crippen molar-refractivity contribution in [2.24, 2.45) is 0 Å². The molecule has 2 N–H and O–H groups in total. The average molecular weight is 554 g/mol. The Balaban J connectivity index is 1.46. The van der Waals surface area contributed by atoms with E-state index in [1.165, 1.54) is 5.56 Å². The largest absolute Gasteiger partial charge is 0.487 e. The van der Waals surface area contributed by atoms with E-state index in [1.807, 2.05) is 54.7 Å². The third-order valence-corrected chi connectivity index (χ3v) is 6.63. The highest BCUT2D eigenvalue weighted by molar-refractivity contribution is 9.10. The van der Waals surface area contributed by atoms with E-state index in [0.717, 1.165) is 43.4 Å². The van der Waals surface area contributed by atoms with Crippen molar-refractivity contribution < 1.29 is 9.53 Å². The maximum Gasteiger partial charge on any atom is 0.261 e. The van der Waals surface area contributed by atoms with Gasteiger partial charge in [-0.05, 0) is 82.2 Å². The molecular formula is C31H28BrN3O2. The van der Waals surface area contributed by atoms with Crippen LogP contribution in [0.25, 0.3) is 17.0 Å². The summed E-state index contributed by atoms with van der Waals surface area (Å²) >= 11 is 3.61. The number of carbonyl (C=O) groups excluding carboxylic acids is 1. The third kappa shape index (κ3) is 6.58. The van der Waals surface area contributed by atoms with Crippen LogP contribution in [0.3, 0.4) is 0 Å². The van der Waals surface area contributed by atoms with E-state index in [9.17, 15) is 10.1 Å². The minimum atomic E-state index is -0.400. The fourth-order valence-corrected chi connectivity index (χ4v) is 4.76. The van der Waals surface area contributed by atoms with Gasteiger partial charge >= 0.3 is 0 Å². The normalized spacial score (nSPS) is 11.2. The molecule has 0 saturated heterocycles. The first kappa shape index (κ1) is 26.0. The van der Waals surface area contributed by atoms with Gasteiger partial charge in [0.15, 0.2) is 0 Å². The number of hydrogen-bond donors (Lipinski definition) is 2. The summed E-state index contributed by atoms with van der Waals surface area (Å²) in [7, 11) is 0. The Morgan fingerprint density at radius 2 is 1.95 bits per heavy atom. The highest BCUT2D eigenvalue weighted by atomic mass is 79.9. The molecular weight excluding hydrogens is 526 g/mol. The van der Waals surface area contributed by atoms with E-state index in [2.05, 4.69) is 57.9 Å². The van der Waals surface area contributed by atoms with Gasteiger partial charge in [-0.25, -0.2) is 0 Å². The van der Waals surface area contributed by atoms with Crippen LogP contribution >= 0.6 is 15.9 Å². The Bertz CT molecular complexity index is 1490. The number of ether oxygens (including phenoxy) is 1. The van der Waals surface area contributed by atoms with Crippen LogP contribution < -0.4 is 10.1 Å². The molecule has 0 fully saturated rings. The van der Waals surface area contributed by atoms with Crippen LogP contribution in [-0.2, 0) is 24.2 Å². The molecule has 0 spiro atoms. The molecule has 0 aliphatic carbocycles. The number of rotatable bonds is 10. The number of carbonyl (C=O) groups is 1. The highest BCUT2D eigenvalue weighted by Crippen LogP contribution is 2.33. The molecule has 5 nitrogen and oxygen atoms in total. The quantitative estimate of drug-likeness (QED) is 0.128. The minimum absolute atomic E-state index is 0.0451. The summed E-state index contributed by atoms with van der Waals surface area (Å²) in [6.45, 7) is 6.77. The standard InChI is InChI=1S/C31H28BrN3O2/c1-3-6-24-15-23(17-28(32)30(24)37-20-22-11-9-21(2)10-12-22)16-26(18-33)31(36)34-14-13-25-19-35-29-8-5-4-7-27(25)29/h3-5,7-12,15-17,19,35H,1,6,13-14,20H2,2H3,(H,34,36)/b26-16-. The zero-order chi connectivity index (χ0) is 26.2. The molecule has 1 aromatic heterocycles. The second-order valence-electron chi connectivity index (χ2n) is 8.79. The van der Waals surface area contributed by atoms with Crippen LogP contribution in [0.4, 0.5) is 0 Å². The van der Waals surface area contributed by atoms with Crippen LogP contribution in [0.15, 0.2) is 89.6 Å². The number of nitrogens with zero attached hydrogens (tertiary/aromatic N) is 1. The van der Waals surface area contributed by atoms with Gasteiger partial charge in [0, 0.05) is 23.6 Å². The summed E-state index contributed by atoms with van der Waals surface area (Å²) < 4.78 is 6.89.